The fourth-order valence-electron chi connectivity index (χ4n) is 2.00. The van der Waals surface area contributed by atoms with E-state index in [9.17, 15) is 5.11 Å². The standard InChI is InChI=1S/C16H23NO2/c1-16(2,19)13-17(3)12-15-10-5-4-8-14(15)9-6-7-11-18/h4-5,8,10,18-19H,7,11-13H2,1-3H3. The van der Waals surface area contributed by atoms with Crippen molar-refractivity contribution in [1.29, 1.82) is 0 Å². The Morgan fingerprint density at radius 3 is 2.58 bits per heavy atom. The van der Waals surface area contributed by atoms with Gasteiger partial charge in [0.15, 0.2) is 0 Å². The first-order valence-corrected chi connectivity index (χ1v) is 6.51. The lowest BCUT2D eigenvalue weighted by Gasteiger charge is -2.25. The highest BCUT2D eigenvalue weighted by atomic mass is 16.3. The highest BCUT2D eigenvalue weighted by molar-refractivity contribution is 5.41. The van der Waals surface area contributed by atoms with Crippen molar-refractivity contribution in [2.75, 3.05) is 20.2 Å². The maximum absolute atomic E-state index is 9.81. The Morgan fingerprint density at radius 1 is 1.26 bits per heavy atom. The van der Waals surface area contributed by atoms with E-state index in [1.807, 2.05) is 31.3 Å². The summed E-state index contributed by atoms with van der Waals surface area (Å²) >= 11 is 0. The topological polar surface area (TPSA) is 43.7 Å². The van der Waals surface area contributed by atoms with Gasteiger partial charge in [0, 0.05) is 25.1 Å². The zero-order valence-corrected chi connectivity index (χ0v) is 12.0. The number of benzene rings is 1. The van der Waals surface area contributed by atoms with Crippen LogP contribution in [0.3, 0.4) is 0 Å². The lowest BCUT2D eigenvalue weighted by molar-refractivity contribution is 0.0424. The number of aliphatic hydroxyl groups is 2. The molecule has 0 aliphatic carbocycles. The lowest BCUT2D eigenvalue weighted by atomic mass is 10.1. The predicted molar refractivity (Wildman–Crippen MR) is 77.7 cm³/mol. The normalized spacial score (nSPS) is 11.3. The van der Waals surface area contributed by atoms with Crippen LogP contribution in [0.4, 0.5) is 0 Å². The molecular weight excluding hydrogens is 238 g/mol. The highest BCUT2D eigenvalue weighted by Gasteiger charge is 2.16. The van der Waals surface area contributed by atoms with Crippen molar-refractivity contribution in [2.45, 2.75) is 32.4 Å². The molecule has 0 bridgehead atoms. The molecule has 0 saturated heterocycles. The van der Waals surface area contributed by atoms with Crippen molar-refractivity contribution < 1.29 is 10.2 Å². The van der Waals surface area contributed by atoms with E-state index < -0.39 is 5.60 Å². The number of hydrogen-bond donors (Lipinski definition) is 2. The molecule has 19 heavy (non-hydrogen) atoms. The maximum atomic E-state index is 9.81. The molecule has 0 aliphatic heterocycles. The third-order valence-electron chi connectivity index (χ3n) is 2.57. The minimum absolute atomic E-state index is 0.0910. The third-order valence-corrected chi connectivity index (χ3v) is 2.57. The average molecular weight is 261 g/mol. The van der Waals surface area contributed by atoms with Crippen LogP contribution in [0.25, 0.3) is 0 Å². The van der Waals surface area contributed by atoms with E-state index in [4.69, 9.17) is 5.11 Å². The first kappa shape index (κ1) is 15.7. The molecule has 104 valence electrons. The van der Waals surface area contributed by atoms with Crippen LogP contribution in [0.5, 0.6) is 0 Å². The Balaban J connectivity index is 2.76. The molecule has 1 rings (SSSR count). The van der Waals surface area contributed by atoms with Gasteiger partial charge in [-0.1, -0.05) is 30.0 Å². The van der Waals surface area contributed by atoms with E-state index in [-0.39, 0.29) is 6.61 Å². The second kappa shape index (κ2) is 7.30. The molecule has 0 aromatic heterocycles. The molecule has 2 N–H and O–H groups in total. The fraction of sp³-hybridized carbons (Fsp3) is 0.500. The molecule has 0 saturated carbocycles. The van der Waals surface area contributed by atoms with Gasteiger partial charge in [-0.25, -0.2) is 0 Å². The minimum atomic E-state index is -0.702. The summed E-state index contributed by atoms with van der Waals surface area (Å²) in [5.74, 6) is 6.03. The van der Waals surface area contributed by atoms with Gasteiger partial charge in [0.25, 0.3) is 0 Å². The van der Waals surface area contributed by atoms with Gasteiger partial charge in [0.1, 0.15) is 0 Å². The van der Waals surface area contributed by atoms with Gasteiger partial charge in [0.05, 0.1) is 12.2 Å². The number of nitrogens with zero attached hydrogens (tertiary/aromatic N) is 1. The van der Waals surface area contributed by atoms with E-state index >= 15 is 0 Å². The number of aliphatic hydroxyl groups excluding tert-OH is 1. The van der Waals surface area contributed by atoms with Gasteiger partial charge in [0.2, 0.25) is 0 Å². The second-order valence-electron chi connectivity index (χ2n) is 5.42. The Kier molecular flexibility index (Phi) is 6.04. The molecule has 0 atom stereocenters. The Morgan fingerprint density at radius 2 is 1.95 bits per heavy atom. The van der Waals surface area contributed by atoms with Crippen LogP contribution >= 0.6 is 0 Å². The van der Waals surface area contributed by atoms with Crippen LogP contribution in [0.1, 0.15) is 31.4 Å². The predicted octanol–water partition coefficient (Wildman–Crippen LogP) is 1.62. The molecule has 0 amide bonds. The summed E-state index contributed by atoms with van der Waals surface area (Å²) in [5, 5.41) is 18.6. The van der Waals surface area contributed by atoms with Crippen molar-refractivity contribution in [3.8, 4) is 11.8 Å². The Bertz CT molecular complexity index is 452. The molecule has 0 spiro atoms. The van der Waals surface area contributed by atoms with Crippen LogP contribution in [0.2, 0.25) is 0 Å². The summed E-state index contributed by atoms with van der Waals surface area (Å²) in [6.45, 7) is 5.04. The molecule has 3 heteroatoms. The molecule has 3 nitrogen and oxygen atoms in total. The number of likely N-dealkylation sites (N-methyl/N-ethyl adjacent to an activating group) is 1. The van der Waals surface area contributed by atoms with E-state index in [1.54, 1.807) is 13.8 Å². The SMILES string of the molecule is CN(Cc1ccccc1C#CCCO)CC(C)(C)O. The first-order chi connectivity index (χ1) is 8.92. The number of hydrogen-bond acceptors (Lipinski definition) is 3. The molecule has 0 unspecified atom stereocenters. The fourth-order valence-corrected chi connectivity index (χ4v) is 2.00. The van der Waals surface area contributed by atoms with Crippen molar-refractivity contribution in [3.63, 3.8) is 0 Å². The van der Waals surface area contributed by atoms with Gasteiger partial charge in [-0.2, -0.15) is 0 Å². The van der Waals surface area contributed by atoms with E-state index in [0.29, 0.717) is 13.0 Å². The van der Waals surface area contributed by atoms with Crippen molar-refractivity contribution >= 4 is 0 Å². The molecular formula is C16H23NO2. The van der Waals surface area contributed by atoms with E-state index in [1.165, 1.54) is 0 Å². The van der Waals surface area contributed by atoms with Crippen LogP contribution < -0.4 is 0 Å². The smallest absolute Gasteiger partial charge is 0.0718 e. The molecule has 0 aliphatic rings. The van der Waals surface area contributed by atoms with Crippen LogP contribution in [-0.2, 0) is 6.54 Å². The zero-order valence-electron chi connectivity index (χ0n) is 12.0. The van der Waals surface area contributed by atoms with Crippen LogP contribution in [0, 0.1) is 11.8 Å². The quantitative estimate of drug-likeness (QED) is 0.792. The zero-order chi connectivity index (χ0) is 14.3. The largest absolute Gasteiger partial charge is 0.395 e. The summed E-state index contributed by atoms with van der Waals surface area (Å²) in [6.07, 6.45) is 0.494. The van der Waals surface area contributed by atoms with Gasteiger partial charge in [-0.05, 0) is 32.5 Å². The molecule has 1 aromatic rings. The lowest BCUT2D eigenvalue weighted by Crippen LogP contribution is -2.35. The average Bonchev–Trinajstić information content (AvgIpc) is 2.29. The Labute approximate surface area is 115 Å². The van der Waals surface area contributed by atoms with Gasteiger partial charge in [-0.15, -0.1) is 0 Å². The summed E-state index contributed by atoms with van der Waals surface area (Å²) in [4.78, 5) is 2.08. The van der Waals surface area contributed by atoms with Gasteiger partial charge >= 0.3 is 0 Å². The Hall–Kier alpha value is -1.34. The first-order valence-electron chi connectivity index (χ1n) is 6.51. The summed E-state index contributed by atoms with van der Waals surface area (Å²) in [7, 11) is 1.98. The summed E-state index contributed by atoms with van der Waals surface area (Å²) in [5.41, 5.74) is 1.42. The minimum Gasteiger partial charge on any atom is -0.395 e. The van der Waals surface area contributed by atoms with Crippen molar-refractivity contribution in [3.05, 3.63) is 35.4 Å². The summed E-state index contributed by atoms with van der Waals surface area (Å²) < 4.78 is 0. The summed E-state index contributed by atoms with van der Waals surface area (Å²) in [6, 6.07) is 7.98. The molecule has 0 radical (unpaired) electrons. The monoisotopic (exact) mass is 261 g/mol. The molecule has 0 fully saturated rings. The highest BCUT2D eigenvalue weighted by Crippen LogP contribution is 2.12. The number of rotatable bonds is 5. The van der Waals surface area contributed by atoms with Crippen LogP contribution in [-0.4, -0.2) is 40.9 Å². The van der Waals surface area contributed by atoms with Crippen molar-refractivity contribution in [1.82, 2.24) is 4.90 Å². The molecule has 1 aromatic carbocycles. The molecule has 0 heterocycles. The van der Waals surface area contributed by atoms with Crippen molar-refractivity contribution in [2.24, 2.45) is 0 Å². The van der Waals surface area contributed by atoms with Gasteiger partial charge < -0.3 is 10.2 Å². The van der Waals surface area contributed by atoms with E-state index in [2.05, 4.69) is 16.7 Å². The van der Waals surface area contributed by atoms with E-state index in [0.717, 1.165) is 17.7 Å². The second-order valence-corrected chi connectivity index (χ2v) is 5.42. The third kappa shape index (κ3) is 6.40. The van der Waals surface area contributed by atoms with Crippen LogP contribution in [0.15, 0.2) is 24.3 Å². The van der Waals surface area contributed by atoms with Gasteiger partial charge in [-0.3, -0.25) is 4.90 Å². The maximum Gasteiger partial charge on any atom is 0.0718 e.